The van der Waals surface area contributed by atoms with Crippen LogP contribution in [0.4, 0.5) is 39.5 Å². The Morgan fingerprint density at radius 3 is 0.606 bits per heavy atom. The van der Waals surface area contributed by atoms with Gasteiger partial charge in [0.15, 0.2) is 52.0 Å². The fourth-order valence-electron chi connectivity index (χ4n) is 10.4. The number of hydrogen-bond donors (Lipinski definition) is 9. The first-order valence-corrected chi connectivity index (χ1v) is 38.8. The number of nitrogens with one attached hydrogen (secondary N) is 9. The largest absolute Gasteiger partial charge is 0.468 e. The van der Waals surface area contributed by atoms with Crippen molar-refractivity contribution < 1.29 is 174 Å². The third kappa shape index (κ3) is 58.3. The highest BCUT2D eigenvalue weighted by Gasteiger charge is 2.36. The SMILES string of the molecule is COC(=O)CN(CC(=O)CCC(=O)NCC(=O)CCC(C)(CCC(=O)CNC(=O)CCC(=O)CN(C)C(=O)CNC(=O)CCC(=O)CN(C)C(=O)CNC(=O)CC(F)(F)F)CCC(=O)CNC(=O)CCC(=O)CN(C)C(=O)CNC(=O)CCC(=O)CN(C)C(=O)CNC(=O)CC(F)(F)F)C(=O)CNC(=O)CCC(=O)CN(CC(=O)OC)C(=O)CNC(=O)CC(F)(F)F. The van der Waals surface area contributed by atoms with Crippen molar-refractivity contribution in [2.75, 3.05) is 154 Å². The predicted octanol–water partition coefficient (Wildman–Crippen LogP) is -4.12. The second-order valence-electron chi connectivity index (χ2n) is 29.2. The van der Waals surface area contributed by atoms with E-state index in [0.717, 1.165) is 47.9 Å². The van der Waals surface area contributed by atoms with E-state index in [0.29, 0.717) is 9.80 Å². The number of halogens is 9. The first-order valence-electron chi connectivity index (χ1n) is 38.8. The number of carbonyl (C=O) groups excluding carboxylic acids is 26. The third-order valence-electron chi connectivity index (χ3n) is 17.9. The Labute approximate surface area is 720 Å². The van der Waals surface area contributed by atoms with Crippen molar-refractivity contribution >= 4 is 153 Å². The van der Waals surface area contributed by atoms with Crippen LogP contribution in [0.5, 0.6) is 0 Å². The van der Waals surface area contributed by atoms with Gasteiger partial charge in [-0.15, -0.1) is 0 Å². The highest BCUT2D eigenvalue weighted by molar-refractivity contribution is 5.98. The summed E-state index contributed by atoms with van der Waals surface area (Å²) in [6.07, 6.45) is -27.2. The standard InChI is InChI=1S/C75H106F9N15O28/c1-72(23-20-46(100)29-85-55(109)14-8-49(103)38-94(2)64(118)32-88-58(112)16-10-51(105)40-96(4)66(120)34-91-61(115)26-73(76,77)78,24-21-47(101)30-86-56(110)15-9-50(104)39-95(3)65(119)33-89-59(113)17-11-52(106)41-97(5)67(121)35-92-62(116)27-74(79,80)81)25-22-48(102)31-87-57(111)18-12-53(107)42-98(44-70(124)126-6)68(122)36-90-60(114)19-13-54(108)43-99(45-71(125)127-7)69(123)37-93-63(117)28-75(82,83)84/h8-45H2,1-7H3,(H,85,109)(H,86,110)(H,87,111)(H,88,112)(H,89,113)(H,90,114)(H,91,115)(H,92,116)(H,93,117). The molecule has 0 atom stereocenters. The molecule has 0 saturated heterocycles. The van der Waals surface area contributed by atoms with Crippen LogP contribution in [0.1, 0.15) is 142 Å². The van der Waals surface area contributed by atoms with E-state index in [9.17, 15) is 164 Å². The third-order valence-corrected chi connectivity index (χ3v) is 17.9. The number of methoxy groups -OCH3 is 2. The molecular weight excluding hydrogens is 1730 g/mol. The molecule has 43 nitrogen and oxygen atoms in total. The molecule has 0 spiro atoms. The summed E-state index contributed by atoms with van der Waals surface area (Å²) in [6, 6.07) is 0. The number of ether oxygens (including phenoxy) is 2. The molecule has 0 aromatic rings. The maximum Gasteiger partial charge on any atom is 0.397 e. The molecule has 0 radical (unpaired) electrons. The Morgan fingerprint density at radius 1 is 0.228 bits per heavy atom. The Hall–Kier alpha value is -12.6. The van der Waals surface area contributed by atoms with Crippen molar-refractivity contribution in [3.05, 3.63) is 0 Å². The number of Topliss-reactive ketones (excluding diaryl/α,β-unsaturated/α-hetero) is 9. The molecule has 0 fully saturated rings. The number of nitrogens with zero attached hydrogens (tertiary/aromatic N) is 6. The fraction of sp³-hybridized carbons (Fsp3) is 0.653. The van der Waals surface area contributed by atoms with E-state index in [4.69, 9.17) is 0 Å². The van der Waals surface area contributed by atoms with Crippen LogP contribution in [-0.2, 0) is 134 Å². The molecule has 0 heterocycles. The van der Waals surface area contributed by atoms with Gasteiger partial charge in [-0.3, -0.25) is 125 Å². The van der Waals surface area contributed by atoms with Crippen molar-refractivity contribution in [2.45, 2.75) is 160 Å². The van der Waals surface area contributed by atoms with E-state index in [1.165, 1.54) is 14.1 Å². The molecule has 127 heavy (non-hydrogen) atoms. The van der Waals surface area contributed by atoms with Gasteiger partial charge in [-0.05, 0) is 24.7 Å². The lowest BCUT2D eigenvalue weighted by atomic mass is 9.76. The monoisotopic (exact) mass is 1840 g/mol. The molecule has 0 rings (SSSR count). The molecule has 0 bridgehead atoms. The number of carbonyl (C=O) groups is 26. The molecular formula is C75H106F9N15O28. The molecule has 15 amide bonds. The number of alkyl halides is 9. The quantitative estimate of drug-likeness (QED) is 0.0206. The van der Waals surface area contributed by atoms with E-state index in [-0.39, 0.29) is 38.5 Å². The molecule has 0 aliphatic carbocycles. The summed E-state index contributed by atoms with van der Waals surface area (Å²) in [6.45, 7) is -10.7. The Bertz CT molecular complexity index is 3840. The van der Waals surface area contributed by atoms with Gasteiger partial charge in [-0.2, -0.15) is 39.5 Å². The van der Waals surface area contributed by atoms with Crippen molar-refractivity contribution in [1.29, 1.82) is 0 Å². The van der Waals surface area contributed by atoms with Gasteiger partial charge in [0.25, 0.3) is 0 Å². The van der Waals surface area contributed by atoms with E-state index in [2.05, 4.69) is 41.4 Å². The Morgan fingerprint density at radius 2 is 0.409 bits per heavy atom. The maximum atomic E-state index is 13.3. The molecule has 9 N–H and O–H groups in total. The first kappa shape index (κ1) is 114. The molecule has 0 aliphatic rings. The zero-order chi connectivity index (χ0) is 97.1. The number of amides is 15. The van der Waals surface area contributed by atoms with E-state index in [1.54, 1.807) is 22.9 Å². The van der Waals surface area contributed by atoms with Crippen LogP contribution in [0.2, 0.25) is 0 Å². The van der Waals surface area contributed by atoms with Crippen LogP contribution >= 0.6 is 0 Å². The van der Waals surface area contributed by atoms with Crippen LogP contribution in [0, 0.1) is 5.41 Å². The molecule has 0 aromatic carbocycles. The van der Waals surface area contributed by atoms with E-state index >= 15 is 0 Å². The van der Waals surface area contributed by atoms with Gasteiger partial charge in [0.2, 0.25) is 88.6 Å². The molecule has 52 heteroatoms. The molecule has 0 aromatic heterocycles. The Kier molecular flexibility index (Phi) is 52.7. The van der Waals surface area contributed by atoms with Crippen molar-refractivity contribution in [1.82, 2.24) is 77.3 Å². The second kappa shape index (κ2) is 58.6. The minimum atomic E-state index is -4.91. The summed E-state index contributed by atoms with van der Waals surface area (Å²) < 4.78 is 121. The average molecular weight is 1840 g/mol. The van der Waals surface area contributed by atoms with Gasteiger partial charge in [-0.25, -0.2) is 0 Å². The normalized spacial score (nSPS) is 11.1. The summed E-state index contributed by atoms with van der Waals surface area (Å²) in [5, 5.41) is 19.0. The number of likely N-dealkylation sites (N-methyl/N-ethyl adjacent to an activating group) is 4. The first-order chi connectivity index (χ1) is 58.9. The number of hydrogen-bond acceptors (Lipinski definition) is 28. The maximum absolute atomic E-state index is 13.3. The van der Waals surface area contributed by atoms with Gasteiger partial charge < -0.3 is 86.7 Å². The van der Waals surface area contributed by atoms with Crippen molar-refractivity contribution in [3.63, 3.8) is 0 Å². The molecule has 0 unspecified atom stereocenters. The highest BCUT2D eigenvalue weighted by atomic mass is 19.4. The van der Waals surface area contributed by atoms with Crippen LogP contribution in [0.3, 0.4) is 0 Å². The lowest BCUT2D eigenvalue weighted by molar-refractivity contribution is -0.156. The number of rotatable bonds is 64. The van der Waals surface area contributed by atoms with E-state index in [1.807, 2.05) is 0 Å². The van der Waals surface area contributed by atoms with Crippen LogP contribution < -0.4 is 47.9 Å². The predicted molar refractivity (Wildman–Crippen MR) is 413 cm³/mol. The van der Waals surface area contributed by atoms with Crippen LogP contribution in [0.25, 0.3) is 0 Å². The summed E-state index contributed by atoms with van der Waals surface area (Å²) in [5.41, 5.74) is -1.06. The molecule has 0 saturated carbocycles. The highest BCUT2D eigenvalue weighted by Crippen LogP contribution is 2.35. The lowest BCUT2D eigenvalue weighted by Crippen LogP contribution is -2.46. The second-order valence-corrected chi connectivity index (χ2v) is 29.2. The fourth-order valence-corrected chi connectivity index (χ4v) is 10.4. The van der Waals surface area contributed by atoms with Crippen LogP contribution in [-0.4, -0.2) is 354 Å². The van der Waals surface area contributed by atoms with Gasteiger partial charge in [-0.1, -0.05) is 6.92 Å². The summed E-state index contributed by atoms with van der Waals surface area (Å²) in [4.78, 5) is 330. The van der Waals surface area contributed by atoms with Crippen molar-refractivity contribution in [3.8, 4) is 0 Å². The van der Waals surface area contributed by atoms with Gasteiger partial charge >= 0.3 is 30.5 Å². The van der Waals surface area contributed by atoms with E-state index < -0.39 is 384 Å². The Balaban J connectivity index is 5.83. The topological polar surface area (TPSA) is 590 Å². The minimum absolute atomic E-state index is 0.0448. The van der Waals surface area contributed by atoms with Crippen LogP contribution in [0.15, 0.2) is 0 Å². The zero-order valence-electron chi connectivity index (χ0n) is 70.9. The lowest BCUT2D eigenvalue weighted by Gasteiger charge is -2.29. The molecule has 0 aliphatic heterocycles. The summed E-state index contributed by atoms with van der Waals surface area (Å²) in [7, 11) is 6.53. The zero-order valence-corrected chi connectivity index (χ0v) is 70.9. The number of esters is 2. The number of ketones is 9. The van der Waals surface area contributed by atoms with Gasteiger partial charge in [0, 0.05) is 125 Å². The smallest absolute Gasteiger partial charge is 0.397 e. The molecule has 712 valence electrons. The summed E-state index contributed by atoms with van der Waals surface area (Å²) >= 11 is 0. The summed E-state index contributed by atoms with van der Waals surface area (Å²) in [5.74, 6) is -23.2. The van der Waals surface area contributed by atoms with Gasteiger partial charge in [0.1, 0.15) is 32.4 Å². The minimum Gasteiger partial charge on any atom is -0.468 e. The average Bonchev–Trinajstić information content (AvgIpc) is 0.872. The van der Waals surface area contributed by atoms with Crippen molar-refractivity contribution in [2.24, 2.45) is 5.41 Å². The van der Waals surface area contributed by atoms with Gasteiger partial charge in [0.05, 0.1) is 112 Å².